The van der Waals surface area contributed by atoms with Crippen LogP contribution in [0.1, 0.15) is 31.0 Å². The van der Waals surface area contributed by atoms with E-state index in [2.05, 4.69) is 34.4 Å². The van der Waals surface area contributed by atoms with Crippen molar-refractivity contribution in [2.24, 2.45) is 4.99 Å². The van der Waals surface area contributed by atoms with Crippen molar-refractivity contribution in [1.29, 1.82) is 0 Å². The van der Waals surface area contributed by atoms with Crippen LogP contribution in [-0.2, 0) is 13.0 Å². The second kappa shape index (κ2) is 13.5. The number of thiazole rings is 1. The number of benzene rings is 1. The Bertz CT molecular complexity index is 804. The highest BCUT2D eigenvalue weighted by Gasteiger charge is 2.15. The summed E-state index contributed by atoms with van der Waals surface area (Å²) < 4.78 is 5.72. The fraction of sp³-hybridized carbons (Fsp3) is 0.455. The second-order valence-electron chi connectivity index (χ2n) is 6.89. The number of ether oxygens (including phenoxy) is 1. The maximum Gasteiger partial charge on any atom is 0.191 e. The Morgan fingerprint density at radius 2 is 2.10 bits per heavy atom. The molecule has 1 fully saturated rings. The van der Waals surface area contributed by atoms with Crippen LogP contribution in [0.4, 0.5) is 5.13 Å². The number of aromatic nitrogens is 1. The number of para-hydroxylation sites is 1. The van der Waals surface area contributed by atoms with Gasteiger partial charge in [0.05, 0.1) is 12.2 Å². The van der Waals surface area contributed by atoms with Gasteiger partial charge >= 0.3 is 0 Å². The number of rotatable bonds is 10. The molecule has 0 atom stereocenters. The van der Waals surface area contributed by atoms with Gasteiger partial charge in [0.15, 0.2) is 11.1 Å². The van der Waals surface area contributed by atoms with Crippen LogP contribution in [0.3, 0.4) is 0 Å². The summed E-state index contributed by atoms with van der Waals surface area (Å²) in [7, 11) is 0. The molecule has 2 heterocycles. The molecule has 1 aliphatic rings. The van der Waals surface area contributed by atoms with Crippen molar-refractivity contribution in [3.05, 3.63) is 53.6 Å². The Morgan fingerprint density at radius 1 is 1.30 bits per heavy atom. The number of halogens is 1. The van der Waals surface area contributed by atoms with Gasteiger partial charge in [-0.15, -0.1) is 35.3 Å². The summed E-state index contributed by atoms with van der Waals surface area (Å²) in [4.78, 5) is 11.9. The van der Waals surface area contributed by atoms with Crippen molar-refractivity contribution < 1.29 is 4.74 Å². The quantitative estimate of drug-likeness (QED) is 0.204. The molecule has 1 saturated heterocycles. The molecule has 0 unspecified atom stereocenters. The number of hydrogen-bond acceptors (Lipinski definition) is 5. The fourth-order valence-corrected chi connectivity index (χ4v) is 4.12. The molecule has 0 saturated carbocycles. The summed E-state index contributed by atoms with van der Waals surface area (Å²) in [5, 5.41) is 10.1. The van der Waals surface area contributed by atoms with Gasteiger partial charge < -0.3 is 20.3 Å². The van der Waals surface area contributed by atoms with Crippen LogP contribution < -0.4 is 20.3 Å². The highest BCUT2D eigenvalue weighted by Crippen LogP contribution is 2.24. The first-order chi connectivity index (χ1) is 14.3. The topological polar surface area (TPSA) is 61.8 Å². The summed E-state index contributed by atoms with van der Waals surface area (Å²) in [5.74, 6) is 1.66. The molecule has 30 heavy (non-hydrogen) atoms. The van der Waals surface area contributed by atoms with Crippen LogP contribution in [0.5, 0.6) is 5.75 Å². The maximum atomic E-state index is 5.72. The first kappa shape index (κ1) is 24.5. The van der Waals surface area contributed by atoms with E-state index in [9.17, 15) is 0 Å². The molecular weight excluding hydrogens is 509 g/mol. The molecular formula is C22H32IN5OS. The lowest BCUT2D eigenvalue weighted by molar-refractivity contribution is 0.359. The molecule has 0 bridgehead atoms. The van der Waals surface area contributed by atoms with Gasteiger partial charge in [0.1, 0.15) is 12.4 Å². The zero-order valence-corrected chi connectivity index (χ0v) is 20.7. The van der Waals surface area contributed by atoms with Crippen LogP contribution in [0.25, 0.3) is 0 Å². The Hall–Kier alpha value is -1.81. The zero-order valence-electron chi connectivity index (χ0n) is 17.6. The number of aliphatic imine (C=N–C) groups is 1. The van der Waals surface area contributed by atoms with Gasteiger partial charge in [-0.2, -0.15) is 0 Å². The molecule has 0 spiro atoms. The Balaban J connectivity index is 0.00000320. The predicted octanol–water partition coefficient (Wildman–Crippen LogP) is 4.22. The third-order valence-electron chi connectivity index (χ3n) is 4.67. The van der Waals surface area contributed by atoms with Crippen molar-refractivity contribution in [3.63, 3.8) is 0 Å². The van der Waals surface area contributed by atoms with Crippen LogP contribution in [-0.4, -0.2) is 43.7 Å². The van der Waals surface area contributed by atoms with Crippen LogP contribution in [0, 0.1) is 0 Å². The SMILES string of the molecule is C=CCOc1ccccc1CN=C(NCC)NCCc1csc(N2CCCC2)n1.I. The lowest BCUT2D eigenvalue weighted by atomic mass is 10.2. The minimum absolute atomic E-state index is 0. The summed E-state index contributed by atoms with van der Waals surface area (Å²) in [6.45, 7) is 10.7. The fourth-order valence-electron chi connectivity index (χ4n) is 3.20. The molecule has 3 rings (SSSR count). The standard InChI is InChI=1S/C22H31N5OS.HI/c1-3-15-28-20-10-6-5-9-18(20)16-25-21(23-4-2)24-12-11-19-17-29-22(26-19)27-13-7-8-14-27;/h3,5-6,9-10,17H,1,4,7-8,11-16H2,2H3,(H2,23,24,25);1H. The van der Waals surface area contributed by atoms with Crippen molar-refractivity contribution >= 4 is 46.4 Å². The normalized spacial score (nSPS) is 13.6. The zero-order chi connectivity index (χ0) is 20.3. The van der Waals surface area contributed by atoms with Gasteiger partial charge in [-0.25, -0.2) is 9.98 Å². The maximum absolute atomic E-state index is 5.72. The lowest BCUT2D eigenvalue weighted by Gasteiger charge is -2.13. The Labute approximate surface area is 200 Å². The van der Waals surface area contributed by atoms with E-state index in [4.69, 9.17) is 14.7 Å². The number of nitrogens with zero attached hydrogens (tertiary/aromatic N) is 3. The van der Waals surface area contributed by atoms with Gasteiger partial charge in [-0.3, -0.25) is 0 Å². The van der Waals surface area contributed by atoms with Gasteiger partial charge in [0.25, 0.3) is 0 Å². The molecule has 6 nitrogen and oxygen atoms in total. The van der Waals surface area contributed by atoms with Crippen LogP contribution in [0.2, 0.25) is 0 Å². The summed E-state index contributed by atoms with van der Waals surface area (Å²) in [6.07, 6.45) is 5.19. The largest absolute Gasteiger partial charge is 0.489 e. The van der Waals surface area contributed by atoms with Crippen molar-refractivity contribution in [2.45, 2.75) is 32.7 Å². The molecule has 0 radical (unpaired) electrons. The second-order valence-corrected chi connectivity index (χ2v) is 7.73. The van der Waals surface area contributed by atoms with E-state index >= 15 is 0 Å². The van der Waals surface area contributed by atoms with Crippen LogP contribution in [0.15, 0.2) is 47.3 Å². The number of anilines is 1. The van der Waals surface area contributed by atoms with Gasteiger partial charge in [0, 0.05) is 43.5 Å². The third-order valence-corrected chi connectivity index (χ3v) is 5.62. The molecule has 0 amide bonds. The first-order valence-electron chi connectivity index (χ1n) is 10.3. The third kappa shape index (κ3) is 7.46. The van der Waals surface area contributed by atoms with Crippen molar-refractivity contribution in [1.82, 2.24) is 15.6 Å². The molecule has 0 aliphatic carbocycles. The average Bonchev–Trinajstić information content (AvgIpc) is 3.43. The number of nitrogens with one attached hydrogen (secondary N) is 2. The van der Waals surface area contributed by atoms with E-state index in [0.29, 0.717) is 13.2 Å². The average molecular weight is 542 g/mol. The van der Waals surface area contributed by atoms with E-state index in [-0.39, 0.29) is 24.0 Å². The lowest BCUT2D eigenvalue weighted by Crippen LogP contribution is -2.38. The van der Waals surface area contributed by atoms with Gasteiger partial charge in [0.2, 0.25) is 0 Å². The van der Waals surface area contributed by atoms with Gasteiger partial charge in [-0.1, -0.05) is 30.9 Å². The monoisotopic (exact) mass is 541 g/mol. The van der Waals surface area contributed by atoms with Crippen LogP contribution >= 0.6 is 35.3 Å². The van der Waals surface area contributed by atoms with Crippen molar-refractivity contribution in [3.8, 4) is 5.75 Å². The molecule has 2 aromatic rings. The predicted molar refractivity (Wildman–Crippen MR) is 138 cm³/mol. The molecule has 164 valence electrons. The Kier molecular flexibility index (Phi) is 11.0. The van der Waals surface area contributed by atoms with Crippen molar-refractivity contribution in [2.75, 3.05) is 37.7 Å². The molecule has 1 aliphatic heterocycles. The molecule has 1 aromatic carbocycles. The highest BCUT2D eigenvalue weighted by molar-refractivity contribution is 14.0. The summed E-state index contributed by atoms with van der Waals surface area (Å²) in [5.41, 5.74) is 2.20. The highest BCUT2D eigenvalue weighted by atomic mass is 127. The molecule has 2 N–H and O–H groups in total. The van der Waals surface area contributed by atoms with E-state index in [1.54, 1.807) is 17.4 Å². The molecule has 8 heteroatoms. The Morgan fingerprint density at radius 3 is 2.87 bits per heavy atom. The summed E-state index contributed by atoms with van der Waals surface area (Å²) in [6, 6.07) is 7.99. The van der Waals surface area contributed by atoms with E-state index < -0.39 is 0 Å². The number of hydrogen-bond donors (Lipinski definition) is 2. The molecule has 1 aromatic heterocycles. The summed E-state index contributed by atoms with van der Waals surface area (Å²) >= 11 is 1.75. The van der Waals surface area contributed by atoms with E-state index in [0.717, 1.165) is 60.7 Å². The minimum atomic E-state index is 0. The smallest absolute Gasteiger partial charge is 0.191 e. The number of guanidine groups is 1. The first-order valence-corrected chi connectivity index (χ1v) is 11.2. The van der Waals surface area contributed by atoms with Gasteiger partial charge in [-0.05, 0) is 25.8 Å². The van der Waals surface area contributed by atoms with E-state index in [1.165, 1.54) is 12.8 Å². The minimum Gasteiger partial charge on any atom is -0.489 e. The van der Waals surface area contributed by atoms with E-state index in [1.807, 2.05) is 24.3 Å².